The highest BCUT2D eigenvalue weighted by atomic mass is 35.5. The van der Waals surface area contributed by atoms with Crippen LogP contribution in [0.2, 0.25) is 5.15 Å². The molecule has 0 aliphatic carbocycles. The summed E-state index contributed by atoms with van der Waals surface area (Å²) in [7, 11) is 0. The molecule has 15 heavy (non-hydrogen) atoms. The number of esters is 1. The molecule has 0 aliphatic heterocycles. The van der Waals surface area contributed by atoms with E-state index in [4.69, 9.17) is 11.6 Å². The maximum Gasteiger partial charge on any atom is 0.345 e. The normalized spacial score (nSPS) is 9.73. The van der Waals surface area contributed by atoms with Crippen LogP contribution in [0.1, 0.15) is 17.3 Å². The Kier molecular flexibility index (Phi) is 3.56. The molecule has 0 radical (unpaired) electrons. The number of ether oxygens (including phenoxy) is 1. The summed E-state index contributed by atoms with van der Waals surface area (Å²) in [5.74, 6) is -0.784. The topological polar surface area (TPSA) is 82.3 Å². The van der Waals surface area contributed by atoms with Crippen LogP contribution in [0.15, 0.2) is 12.3 Å². The Balaban J connectivity index is 3.23. The third-order valence-electron chi connectivity index (χ3n) is 1.56. The van der Waals surface area contributed by atoms with Gasteiger partial charge in [-0.2, -0.15) is 0 Å². The van der Waals surface area contributed by atoms with Gasteiger partial charge in [0.1, 0.15) is 5.56 Å². The second-order valence-corrected chi connectivity index (χ2v) is 2.83. The molecule has 0 spiro atoms. The monoisotopic (exact) mass is 230 g/mol. The Morgan fingerprint density at radius 2 is 2.40 bits per heavy atom. The van der Waals surface area contributed by atoms with Crippen LogP contribution in [0, 0.1) is 10.1 Å². The highest BCUT2D eigenvalue weighted by Crippen LogP contribution is 2.26. The molecule has 0 aromatic carbocycles. The fraction of sp³-hybridized carbons (Fsp3) is 0.250. The maximum atomic E-state index is 11.3. The van der Waals surface area contributed by atoms with Crippen molar-refractivity contribution in [2.45, 2.75) is 6.92 Å². The largest absolute Gasteiger partial charge is 0.462 e. The molecule has 1 aromatic rings. The Hall–Kier alpha value is -1.69. The average molecular weight is 231 g/mol. The van der Waals surface area contributed by atoms with E-state index in [2.05, 4.69) is 9.72 Å². The van der Waals surface area contributed by atoms with Crippen molar-refractivity contribution in [2.24, 2.45) is 0 Å². The molecule has 0 atom stereocenters. The molecular formula is C8H7ClN2O4. The first-order valence-corrected chi connectivity index (χ1v) is 4.41. The number of aromatic nitrogens is 1. The van der Waals surface area contributed by atoms with Gasteiger partial charge in [-0.1, -0.05) is 11.6 Å². The second-order valence-electron chi connectivity index (χ2n) is 2.48. The summed E-state index contributed by atoms with van der Waals surface area (Å²) in [6, 6.07) is 1.20. The van der Waals surface area contributed by atoms with Gasteiger partial charge in [0.15, 0.2) is 0 Å². The van der Waals surface area contributed by atoms with Crippen molar-refractivity contribution in [3.8, 4) is 0 Å². The predicted molar refractivity (Wildman–Crippen MR) is 51.9 cm³/mol. The van der Waals surface area contributed by atoms with Gasteiger partial charge < -0.3 is 4.74 Å². The van der Waals surface area contributed by atoms with Crippen molar-refractivity contribution in [3.63, 3.8) is 0 Å². The third kappa shape index (κ3) is 2.41. The zero-order chi connectivity index (χ0) is 11.4. The molecule has 0 amide bonds. The number of halogens is 1. The van der Waals surface area contributed by atoms with Gasteiger partial charge in [-0.3, -0.25) is 10.1 Å². The molecule has 0 bridgehead atoms. The lowest BCUT2D eigenvalue weighted by atomic mass is 10.2. The number of hydrogen-bond acceptors (Lipinski definition) is 5. The Bertz CT molecular complexity index is 408. The Morgan fingerprint density at radius 1 is 1.73 bits per heavy atom. The summed E-state index contributed by atoms with van der Waals surface area (Å²) in [5, 5.41) is 10.3. The highest BCUT2D eigenvalue weighted by molar-refractivity contribution is 6.32. The van der Waals surface area contributed by atoms with Gasteiger partial charge >= 0.3 is 11.7 Å². The molecular weight excluding hydrogens is 224 g/mol. The molecule has 1 rings (SSSR count). The number of hydrogen-bond donors (Lipinski definition) is 0. The summed E-state index contributed by atoms with van der Waals surface area (Å²) in [6.07, 6.45) is 1.21. The molecule has 1 aromatic heterocycles. The van der Waals surface area contributed by atoms with E-state index in [0.29, 0.717) is 0 Å². The zero-order valence-corrected chi connectivity index (χ0v) is 8.52. The van der Waals surface area contributed by atoms with Crippen LogP contribution in [-0.4, -0.2) is 22.5 Å². The van der Waals surface area contributed by atoms with Crippen LogP contribution < -0.4 is 0 Å². The van der Waals surface area contributed by atoms with Gasteiger partial charge in [-0.15, -0.1) is 0 Å². The van der Waals surface area contributed by atoms with Crippen LogP contribution >= 0.6 is 11.6 Å². The number of nitrogens with zero attached hydrogens (tertiary/aromatic N) is 2. The van der Waals surface area contributed by atoms with E-state index in [1.807, 2.05) is 0 Å². The molecule has 80 valence electrons. The smallest absolute Gasteiger partial charge is 0.345 e. The number of pyridine rings is 1. The highest BCUT2D eigenvalue weighted by Gasteiger charge is 2.25. The summed E-state index contributed by atoms with van der Waals surface area (Å²) in [5.41, 5.74) is -0.723. The SMILES string of the molecule is CCOC(=O)c1ccnc(Cl)c1[N+](=O)[O-]. The quantitative estimate of drug-likeness (QED) is 0.342. The summed E-state index contributed by atoms with van der Waals surface area (Å²) in [6.45, 7) is 1.74. The Morgan fingerprint density at radius 3 is 2.93 bits per heavy atom. The van der Waals surface area contributed by atoms with E-state index in [1.165, 1.54) is 12.3 Å². The van der Waals surface area contributed by atoms with Crippen molar-refractivity contribution in [3.05, 3.63) is 33.1 Å². The van der Waals surface area contributed by atoms with Crippen molar-refractivity contribution < 1.29 is 14.5 Å². The van der Waals surface area contributed by atoms with Crippen LogP contribution in [0.4, 0.5) is 5.69 Å². The van der Waals surface area contributed by atoms with Crippen molar-refractivity contribution >= 4 is 23.3 Å². The summed E-state index contributed by atoms with van der Waals surface area (Å²) in [4.78, 5) is 24.7. The van der Waals surface area contributed by atoms with Crippen LogP contribution in [0.25, 0.3) is 0 Å². The van der Waals surface area contributed by atoms with E-state index in [-0.39, 0.29) is 17.3 Å². The first-order chi connectivity index (χ1) is 7.07. The fourth-order valence-corrected chi connectivity index (χ4v) is 1.20. The zero-order valence-electron chi connectivity index (χ0n) is 7.77. The number of carbonyl (C=O) groups excluding carboxylic acids is 1. The molecule has 1 heterocycles. The van der Waals surface area contributed by atoms with Crippen LogP contribution in [0.3, 0.4) is 0 Å². The van der Waals surface area contributed by atoms with E-state index >= 15 is 0 Å². The number of nitro groups is 1. The molecule has 0 saturated heterocycles. The standard InChI is InChI=1S/C8H7ClN2O4/c1-2-15-8(12)5-3-4-10-7(9)6(5)11(13)14/h3-4H,2H2,1H3. The van der Waals surface area contributed by atoms with Gasteiger partial charge in [-0.25, -0.2) is 9.78 Å². The van der Waals surface area contributed by atoms with Gasteiger partial charge in [0.2, 0.25) is 5.15 Å². The van der Waals surface area contributed by atoms with E-state index in [9.17, 15) is 14.9 Å². The lowest BCUT2D eigenvalue weighted by molar-refractivity contribution is -0.385. The van der Waals surface area contributed by atoms with Gasteiger partial charge in [0.05, 0.1) is 11.5 Å². The Labute approximate surface area is 90.0 Å². The van der Waals surface area contributed by atoms with Gasteiger partial charge in [0.25, 0.3) is 0 Å². The van der Waals surface area contributed by atoms with Crippen LogP contribution in [0.5, 0.6) is 0 Å². The minimum absolute atomic E-state index is 0.135. The van der Waals surface area contributed by atoms with E-state index in [1.54, 1.807) is 6.92 Å². The minimum atomic E-state index is -0.784. The fourth-order valence-electron chi connectivity index (χ4n) is 0.976. The van der Waals surface area contributed by atoms with Crippen molar-refractivity contribution in [2.75, 3.05) is 6.61 Å². The predicted octanol–water partition coefficient (Wildman–Crippen LogP) is 1.82. The third-order valence-corrected chi connectivity index (χ3v) is 1.83. The molecule has 0 N–H and O–H groups in total. The molecule has 6 nitrogen and oxygen atoms in total. The van der Waals surface area contributed by atoms with Gasteiger partial charge in [-0.05, 0) is 13.0 Å². The van der Waals surface area contributed by atoms with Gasteiger partial charge in [0, 0.05) is 6.20 Å². The molecule has 0 aliphatic rings. The van der Waals surface area contributed by atoms with E-state index in [0.717, 1.165) is 0 Å². The summed E-state index contributed by atoms with van der Waals surface area (Å²) < 4.78 is 4.64. The molecule has 0 fully saturated rings. The summed E-state index contributed by atoms with van der Waals surface area (Å²) >= 11 is 5.51. The molecule has 0 saturated carbocycles. The average Bonchev–Trinajstić information content (AvgIpc) is 2.17. The maximum absolute atomic E-state index is 11.3. The van der Waals surface area contributed by atoms with Crippen LogP contribution in [-0.2, 0) is 4.74 Å². The van der Waals surface area contributed by atoms with E-state index < -0.39 is 16.6 Å². The van der Waals surface area contributed by atoms with Crippen molar-refractivity contribution in [1.82, 2.24) is 4.98 Å². The number of carbonyl (C=O) groups is 1. The minimum Gasteiger partial charge on any atom is -0.462 e. The van der Waals surface area contributed by atoms with Crippen molar-refractivity contribution in [1.29, 1.82) is 0 Å². The number of rotatable bonds is 3. The molecule has 7 heteroatoms. The first-order valence-electron chi connectivity index (χ1n) is 4.04. The second kappa shape index (κ2) is 4.70. The lowest BCUT2D eigenvalue weighted by Gasteiger charge is -2.02. The first kappa shape index (κ1) is 11.4. The lowest BCUT2D eigenvalue weighted by Crippen LogP contribution is -2.08. The molecule has 0 unspecified atom stereocenters.